The molecule has 0 aromatic heterocycles. The Kier molecular flexibility index (Phi) is 5.00. The van der Waals surface area contributed by atoms with Gasteiger partial charge >= 0.3 is 6.09 Å². The number of ether oxygens (including phenoxy) is 1. The van der Waals surface area contributed by atoms with Crippen LogP contribution in [0.4, 0.5) is 4.79 Å². The molecule has 3 N–H and O–H groups in total. The number of rotatable bonds is 3. The molecule has 0 radical (unpaired) electrons. The van der Waals surface area contributed by atoms with E-state index in [1.165, 1.54) is 0 Å². The second kappa shape index (κ2) is 6.29. The van der Waals surface area contributed by atoms with Crippen LogP contribution in [0.5, 0.6) is 0 Å². The maximum absolute atomic E-state index is 11.4. The summed E-state index contributed by atoms with van der Waals surface area (Å²) in [7, 11) is 0. The first-order valence-electron chi connectivity index (χ1n) is 5.29. The van der Waals surface area contributed by atoms with E-state index >= 15 is 0 Å². The van der Waals surface area contributed by atoms with Crippen LogP contribution < -0.4 is 5.48 Å². The van der Waals surface area contributed by atoms with Gasteiger partial charge in [-0.05, 0) is 6.92 Å². The van der Waals surface area contributed by atoms with Crippen LogP contribution in [0.3, 0.4) is 0 Å². The number of hydrogen-bond donors (Lipinski definition) is 3. The van der Waals surface area contributed by atoms with Crippen LogP contribution in [-0.4, -0.2) is 66.3 Å². The molecule has 0 aromatic rings. The lowest BCUT2D eigenvalue weighted by atomic mass is 10.3. The first-order valence-corrected chi connectivity index (χ1v) is 5.29. The number of piperazine rings is 1. The molecule has 1 aliphatic heterocycles. The van der Waals surface area contributed by atoms with Gasteiger partial charge in [0, 0.05) is 26.2 Å². The summed E-state index contributed by atoms with van der Waals surface area (Å²) >= 11 is 0. The molecule has 7 nitrogen and oxygen atoms in total. The second-order valence-corrected chi connectivity index (χ2v) is 3.55. The van der Waals surface area contributed by atoms with Crippen molar-refractivity contribution in [1.29, 1.82) is 5.41 Å². The molecule has 1 fully saturated rings. The molecule has 1 aliphatic rings. The highest BCUT2D eigenvalue weighted by Crippen LogP contribution is 2.03. The van der Waals surface area contributed by atoms with Gasteiger partial charge in [0.05, 0.1) is 13.2 Å². The van der Waals surface area contributed by atoms with Gasteiger partial charge in [-0.25, -0.2) is 4.79 Å². The summed E-state index contributed by atoms with van der Waals surface area (Å²) in [6.45, 7) is 5.09. The highest BCUT2D eigenvalue weighted by molar-refractivity contribution is 5.79. The predicted octanol–water partition coefficient (Wildman–Crippen LogP) is -0.283. The van der Waals surface area contributed by atoms with Crippen molar-refractivity contribution >= 4 is 11.9 Å². The summed E-state index contributed by atoms with van der Waals surface area (Å²) in [5.41, 5.74) is 1.80. The third-order valence-corrected chi connectivity index (χ3v) is 2.41. The summed E-state index contributed by atoms with van der Waals surface area (Å²) in [6.07, 6.45) is -0.280. The van der Waals surface area contributed by atoms with E-state index in [1.54, 1.807) is 17.3 Å². The number of hydrogen-bond acceptors (Lipinski definition) is 5. The Morgan fingerprint density at radius 2 is 2.06 bits per heavy atom. The van der Waals surface area contributed by atoms with Gasteiger partial charge in [0.1, 0.15) is 5.84 Å². The quantitative estimate of drug-likeness (QED) is 0.352. The zero-order valence-electron chi connectivity index (χ0n) is 9.40. The Bertz CT molecular complexity index is 251. The van der Waals surface area contributed by atoms with Crippen LogP contribution in [0.2, 0.25) is 0 Å². The molecular formula is C9H18N4O3. The van der Waals surface area contributed by atoms with Crippen molar-refractivity contribution < 1.29 is 14.7 Å². The smallest absolute Gasteiger partial charge is 0.409 e. The van der Waals surface area contributed by atoms with Crippen LogP contribution in [-0.2, 0) is 4.74 Å². The first kappa shape index (κ1) is 12.7. The van der Waals surface area contributed by atoms with Crippen molar-refractivity contribution in [2.75, 3.05) is 39.3 Å². The number of carbonyl (C=O) groups is 1. The zero-order chi connectivity index (χ0) is 12.0. The third-order valence-electron chi connectivity index (χ3n) is 2.41. The van der Waals surface area contributed by atoms with Gasteiger partial charge < -0.3 is 9.64 Å². The van der Waals surface area contributed by atoms with E-state index in [0.717, 1.165) is 0 Å². The highest BCUT2D eigenvalue weighted by atomic mass is 16.6. The monoisotopic (exact) mass is 230 g/mol. The Morgan fingerprint density at radius 1 is 1.44 bits per heavy atom. The molecule has 0 atom stereocenters. The summed E-state index contributed by atoms with van der Waals surface area (Å²) < 4.78 is 4.89. The van der Waals surface area contributed by atoms with E-state index in [4.69, 9.17) is 15.4 Å². The largest absolute Gasteiger partial charge is 0.450 e. The van der Waals surface area contributed by atoms with Gasteiger partial charge in [-0.3, -0.25) is 21.0 Å². The molecule has 0 bridgehead atoms. The minimum Gasteiger partial charge on any atom is -0.450 e. The average Bonchev–Trinajstić information content (AvgIpc) is 2.30. The van der Waals surface area contributed by atoms with Gasteiger partial charge in [-0.15, -0.1) is 0 Å². The summed E-state index contributed by atoms with van der Waals surface area (Å²) in [4.78, 5) is 15.0. The molecule has 1 heterocycles. The van der Waals surface area contributed by atoms with E-state index in [-0.39, 0.29) is 11.9 Å². The number of nitrogens with one attached hydrogen (secondary N) is 2. The highest BCUT2D eigenvalue weighted by Gasteiger charge is 2.22. The van der Waals surface area contributed by atoms with Gasteiger partial charge in [-0.2, -0.15) is 0 Å². The summed E-state index contributed by atoms with van der Waals surface area (Å²) in [5.74, 6) is 0.0598. The van der Waals surface area contributed by atoms with Crippen LogP contribution >= 0.6 is 0 Å². The molecular weight excluding hydrogens is 212 g/mol. The fourth-order valence-corrected chi connectivity index (χ4v) is 1.56. The number of nitrogens with zero attached hydrogens (tertiary/aromatic N) is 2. The molecule has 16 heavy (non-hydrogen) atoms. The lowest BCUT2D eigenvalue weighted by Gasteiger charge is -2.33. The van der Waals surface area contributed by atoms with E-state index in [2.05, 4.69) is 0 Å². The standard InChI is InChI=1S/C9H18N4O3/c1-2-16-9(14)13-5-3-12(4-6-13)7-8(10)11-15/h15H,2-7H2,1H3,(H2,10,11). The molecule has 1 amide bonds. The van der Waals surface area contributed by atoms with Crippen molar-refractivity contribution in [1.82, 2.24) is 15.3 Å². The second-order valence-electron chi connectivity index (χ2n) is 3.55. The molecule has 1 saturated heterocycles. The van der Waals surface area contributed by atoms with Crippen molar-refractivity contribution in [2.45, 2.75) is 6.92 Å². The van der Waals surface area contributed by atoms with Crippen LogP contribution in [0.25, 0.3) is 0 Å². The molecule has 0 aliphatic carbocycles. The first-order chi connectivity index (χ1) is 7.67. The molecule has 7 heteroatoms. The Morgan fingerprint density at radius 3 is 2.56 bits per heavy atom. The van der Waals surface area contributed by atoms with Gasteiger partial charge in [0.25, 0.3) is 0 Å². The van der Waals surface area contributed by atoms with Crippen LogP contribution in [0.1, 0.15) is 6.92 Å². The fourth-order valence-electron chi connectivity index (χ4n) is 1.56. The van der Waals surface area contributed by atoms with E-state index < -0.39 is 0 Å². The minimum absolute atomic E-state index is 0.0598. The van der Waals surface area contributed by atoms with Crippen molar-refractivity contribution in [3.05, 3.63) is 0 Å². The third kappa shape index (κ3) is 3.67. The maximum Gasteiger partial charge on any atom is 0.409 e. The van der Waals surface area contributed by atoms with Crippen LogP contribution in [0, 0.1) is 5.41 Å². The molecule has 0 saturated carbocycles. The minimum atomic E-state index is -0.280. The predicted molar refractivity (Wildman–Crippen MR) is 57.7 cm³/mol. The lowest BCUT2D eigenvalue weighted by molar-refractivity contribution is 0.0825. The van der Waals surface area contributed by atoms with Crippen molar-refractivity contribution in [3.8, 4) is 0 Å². The molecule has 0 aromatic carbocycles. The van der Waals surface area contributed by atoms with Crippen molar-refractivity contribution in [2.24, 2.45) is 0 Å². The molecule has 0 spiro atoms. The summed E-state index contributed by atoms with van der Waals surface area (Å²) in [5, 5.41) is 15.8. The Labute approximate surface area is 94.4 Å². The van der Waals surface area contributed by atoms with Gasteiger partial charge in [0.15, 0.2) is 0 Å². The molecule has 1 rings (SSSR count). The van der Waals surface area contributed by atoms with Gasteiger partial charge in [0.2, 0.25) is 0 Å². The lowest BCUT2D eigenvalue weighted by Crippen LogP contribution is -2.50. The number of hydroxylamine groups is 1. The number of carbonyl (C=O) groups excluding carboxylic acids is 1. The SMILES string of the molecule is CCOC(=O)N1CCN(CC(=N)NO)CC1. The van der Waals surface area contributed by atoms with E-state index in [9.17, 15) is 4.79 Å². The van der Waals surface area contributed by atoms with Gasteiger partial charge in [-0.1, -0.05) is 0 Å². The molecule has 0 unspecified atom stereocenters. The summed E-state index contributed by atoms with van der Waals surface area (Å²) in [6, 6.07) is 0. The Hall–Kier alpha value is -1.34. The normalized spacial score (nSPS) is 17.0. The number of amides is 1. The molecule has 92 valence electrons. The number of amidine groups is 1. The van der Waals surface area contributed by atoms with Crippen LogP contribution in [0.15, 0.2) is 0 Å². The van der Waals surface area contributed by atoms with E-state index in [0.29, 0.717) is 39.3 Å². The fraction of sp³-hybridized carbons (Fsp3) is 0.778. The Balaban J connectivity index is 2.28. The zero-order valence-corrected chi connectivity index (χ0v) is 9.40. The topological polar surface area (TPSA) is 88.9 Å². The van der Waals surface area contributed by atoms with E-state index in [1.807, 2.05) is 4.90 Å². The average molecular weight is 230 g/mol. The van der Waals surface area contributed by atoms with Crippen molar-refractivity contribution in [3.63, 3.8) is 0 Å². The maximum atomic E-state index is 11.4.